The standard InChI is InChI=1S/C24H25N3O5S/c1-32-19-9-7-18(8-10-19)27-20(14-23(26-27)33(2,30)31)21(28)13-16-3-5-17(6-4-16)24(11-12-24)15-22(25)29/h3-10,14H,11-13,15H2,1-2H3,(H2,25,29). The molecule has 1 amide bonds. The Kier molecular flexibility index (Phi) is 5.84. The highest BCUT2D eigenvalue weighted by molar-refractivity contribution is 7.90. The summed E-state index contributed by atoms with van der Waals surface area (Å²) >= 11 is 0. The Labute approximate surface area is 192 Å². The Bertz CT molecular complexity index is 1310. The van der Waals surface area contributed by atoms with Gasteiger partial charge in [-0.15, -0.1) is 0 Å². The quantitative estimate of drug-likeness (QED) is 0.483. The third kappa shape index (κ3) is 4.83. The van der Waals surface area contributed by atoms with Gasteiger partial charge in [-0.25, -0.2) is 13.1 Å². The van der Waals surface area contributed by atoms with E-state index >= 15 is 0 Å². The van der Waals surface area contributed by atoms with Gasteiger partial charge in [0.25, 0.3) is 0 Å². The molecule has 0 spiro atoms. The van der Waals surface area contributed by atoms with Gasteiger partial charge in [-0.1, -0.05) is 24.3 Å². The van der Waals surface area contributed by atoms with Gasteiger partial charge >= 0.3 is 0 Å². The molecule has 0 atom stereocenters. The van der Waals surface area contributed by atoms with Crippen molar-refractivity contribution >= 4 is 21.5 Å². The van der Waals surface area contributed by atoms with Crippen LogP contribution in [0.1, 0.15) is 40.9 Å². The maximum Gasteiger partial charge on any atom is 0.218 e. The number of benzene rings is 2. The van der Waals surface area contributed by atoms with Crippen LogP contribution < -0.4 is 10.5 Å². The molecule has 2 N–H and O–H groups in total. The second kappa shape index (κ2) is 8.47. The van der Waals surface area contributed by atoms with Gasteiger partial charge in [-0.2, -0.15) is 5.10 Å². The molecule has 0 unspecified atom stereocenters. The molecule has 172 valence electrons. The Morgan fingerprint density at radius 1 is 1.09 bits per heavy atom. The zero-order valence-corrected chi connectivity index (χ0v) is 19.3. The zero-order chi connectivity index (χ0) is 23.8. The number of Topliss-reactive ketones (excluding diaryl/α,β-unsaturated/α-hetero) is 1. The number of aromatic nitrogens is 2. The van der Waals surface area contributed by atoms with E-state index < -0.39 is 9.84 Å². The number of ketones is 1. The SMILES string of the molecule is COc1ccc(-n2nc(S(C)(=O)=O)cc2C(=O)Cc2ccc(C3(CC(N)=O)CC3)cc2)cc1. The number of carbonyl (C=O) groups is 2. The summed E-state index contributed by atoms with van der Waals surface area (Å²) < 4.78 is 30.7. The van der Waals surface area contributed by atoms with Crippen molar-refractivity contribution < 1.29 is 22.7 Å². The summed E-state index contributed by atoms with van der Waals surface area (Å²) in [6, 6.07) is 15.7. The summed E-state index contributed by atoms with van der Waals surface area (Å²) in [7, 11) is -2.06. The summed E-state index contributed by atoms with van der Waals surface area (Å²) in [5.41, 5.74) is 7.76. The summed E-state index contributed by atoms with van der Waals surface area (Å²) in [6.07, 6.45) is 3.29. The van der Waals surface area contributed by atoms with Crippen LogP contribution in [-0.4, -0.2) is 43.3 Å². The highest BCUT2D eigenvalue weighted by atomic mass is 32.2. The number of hydrogen-bond acceptors (Lipinski definition) is 6. The van der Waals surface area contributed by atoms with Crippen molar-refractivity contribution in [1.29, 1.82) is 0 Å². The first kappa shape index (κ1) is 22.7. The lowest BCUT2D eigenvalue weighted by Gasteiger charge is -2.14. The first-order valence-electron chi connectivity index (χ1n) is 10.5. The number of ether oxygens (including phenoxy) is 1. The monoisotopic (exact) mass is 467 g/mol. The average Bonchev–Trinajstić information content (AvgIpc) is 3.38. The van der Waals surface area contributed by atoms with Crippen LogP contribution in [0.5, 0.6) is 5.75 Å². The van der Waals surface area contributed by atoms with E-state index in [-0.39, 0.29) is 34.2 Å². The minimum absolute atomic E-state index is 0.0775. The molecule has 1 aromatic heterocycles. The molecule has 3 aromatic rings. The predicted molar refractivity (Wildman–Crippen MR) is 122 cm³/mol. The fraction of sp³-hybridized carbons (Fsp3) is 0.292. The normalized spacial score (nSPS) is 14.6. The third-order valence-electron chi connectivity index (χ3n) is 5.97. The van der Waals surface area contributed by atoms with Crippen molar-refractivity contribution in [2.24, 2.45) is 5.73 Å². The molecule has 1 fully saturated rings. The van der Waals surface area contributed by atoms with Crippen molar-refractivity contribution in [3.63, 3.8) is 0 Å². The van der Waals surface area contributed by atoms with Gasteiger partial charge in [0.2, 0.25) is 5.91 Å². The van der Waals surface area contributed by atoms with Crippen LogP contribution in [0.15, 0.2) is 59.6 Å². The van der Waals surface area contributed by atoms with E-state index in [1.165, 1.54) is 10.7 Å². The lowest BCUT2D eigenvalue weighted by Crippen LogP contribution is -2.20. The highest BCUT2D eigenvalue weighted by Gasteiger charge is 2.45. The molecule has 0 bridgehead atoms. The zero-order valence-electron chi connectivity index (χ0n) is 18.4. The molecular formula is C24H25N3O5S. The van der Waals surface area contributed by atoms with E-state index in [1.807, 2.05) is 24.3 Å². The predicted octanol–water partition coefficient (Wildman–Crippen LogP) is 2.62. The van der Waals surface area contributed by atoms with Gasteiger partial charge < -0.3 is 10.5 Å². The highest BCUT2D eigenvalue weighted by Crippen LogP contribution is 2.50. The fourth-order valence-corrected chi connectivity index (χ4v) is 4.52. The molecule has 9 heteroatoms. The number of sulfone groups is 1. The molecule has 0 radical (unpaired) electrons. The smallest absolute Gasteiger partial charge is 0.218 e. The summed E-state index contributed by atoms with van der Waals surface area (Å²) in [5, 5.41) is 4.01. The fourth-order valence-electron chi connectivity index (χ4n) is 3.96. The third-order valence-corrected chi connectivity index (χ3v) is 6.93. The van der Waals surface area contributed by atoms with Gasteiger partial charge in [0.1, 0.15) is 11.4 Å². The Hall–Kier alpha value is -3.46. The first-order chi connectivity index (χ1) is 15.6. The summed E-state index contributed by atoms with van der Waals surface area (Å²) in [4.78, 5) is 24.5. The lowest BCUT2D eigenvalue weighted by atomic mass is 9.91. The Balaban J connectivity index is 1.61. The van der Waals surface area contributed by atoms with Gasteiger partial charge in [0, 0.05) is 30.6 Å². The topological polar surface area (TPSA) is 121 Å². The maximum absolute atomic E-state index is 13.2. The van der Waals surface area contributed by atoms with Gasteiger partial charge in [-0.3, -0.25) is 9.59 Å². The van der Waals surface area contributed by atoms with E-state index in [0.29, 0.717) is 17.9 Å². The minimum Gasteiger partial charge on any atom is -0.497 e. The van der Waals surface area contributed by atoms with Crippen molar-refractivity contribution in [1.82, 2.24) is 9.78 Å². The molecule has 0 saturated heterocycles. The van der Waals surface area contributed by atoms with Crippen LogP contribution in [0.2, 0.25) is 0 Å². The van der Waals surface area contributed by atoms with E-state index in [0.717, 1.165) is 30.2 Å². The molecular weight excluding hydrogens is 442 g/mol. The number of nitrogens with two attached hydrogens (primary N) is 1. The van der Waals surface area contributed by atoms with Crippen LogP contribution >= 0.6 is 0 Å². The number of primary amides is 1. The molecule has 8 nitrogen and oxygen atoms in total. The number of nitrogens with zero attached hydrogens (tertiary/aromatic N) is 2. The van der Waals surface area contributed by atoms with Crippen LogP contribution in [-0.2, 0) is 26.5 Å². The minimum atomic E-state index is -3.60. The van der Waals surface area contributed by atoms with Crippen molar-refractivity contribution in [2.75, 3.05) is 13.4 Å². The largest absolute Gasteiger partial charge is 0.497 e. The average molecular weight is 468 g/mol. The number of hydrogen-bond donors (Lipinski definition) is 1. The maximum atomic E-state index is 13.2. The van der Waals surface area contributed by atoms with E-state index in [1.54, 1.807) is 31.4 Å². The summed E-state index contributed by atoms with van der Waals surface area (Å²) in [6.45, 7) is 0. The van der Waals surface area contributed by atoms with Crippen molar-refractivity contribution in [2.45, 2.75) is 36.1 Å². The molecule has 1 aliphatic carbocycles. The molecule has 2 aromatic carbocycles. The van der Waals surface area contributed by atoms with Gasteiger partial charge in [0.05, 0.1) is 12.8 Å². The molecule has 33 heavy (non-hydrogen) atoms. The molecule has 4 rings (SSSR count). The number of rotatable bonds is 9. The van der Waals surface area contributed by atoms with Crippen LogP contribution in [0.25, 0.3) is 5.69 Å². The van der Waals surface area contributed by atoms with Gasteiger partial charge in [0.15, 0.2) is 20.6 Å². The second-order valence-electron chi connectivity index (χ2n) is 8.47. The van der Waals surface area contributed by atoms with Crippen LogP contribution in [0.3, 0.4) is 0 Å². The number of methoxy groups -OCH3 is 1. The van der Waals surface area contributed by atoms with Crippen molar-refractivity contribution in [3.05, 3.63) is 71.4 Å². The lowest BCUT2D eigenvalue weighted by molar-refractivity contribution is -0.118. The Morgan fingerprint density at radius 2 is 1.73 bits per heavy atom. The first-order valence-corrected chi connectivity index (χ1v) is 12.4. The van der Waals surface area contributed by atoms with Crippen LogP contribution in [0, 0.1) is 0 Å². The van der Waals surface area contributed by atoms with Gasteiger partial charge in [-0.05, 0) is 48.2 Å². The molecule has 0 aliphatic heterocycles. The molecule has 1 aliphatic rings. The Morgan fingerprint density at radius 3 is 2.24 bits per heavy atom. The molecule has 1 heterocycles. The van der Waals surface area contributed by atoms with Crippen molar-refractivity contribution in [3.8, 4) is 11.4 Å². The summed E-state index contributed by atoms with van der Waals surface area (Å²) in [5.74, 6) is 0.0476. The number of amides is 1. The second-order valence-corrected chi connectivity index (χ2v) is 10.4. The van der Waals surface area contributed by atoms with E-state index in [9.17, 15) is 18.0 Å². The number of carbonyl (C=O) groups excluding carboxylic acids is 2. The van der Waals surface area contributed by atoms with E-state index in [2.05, 4.69) is 5.10 Å². The molecule has 1 saturated carbocycles. The van der Waals surface area contributed by atoms with E-state index in [4.69, 9.17) is 10.5 Å². The van der Waals surface area contributed by atoms with Crippen LogP contribution in [0.4, 0.5) is 0 Å².